The van der Waals surface area contributed by atoms with Crippen molar-refractivity contribution in [3.63, 3.8) is 0 Å². The molecule has 33 heavy (non-hydrogen) atoms. The van der Waals surface area contributed by atoms with Crippen molar-refractivity contribution in [3.8, 4) is 0 Å². The van der Waals surface area contributed by atoms with E-state index in [-0.39, 0.29) is 28.3 Å². The molecule has 0 aliphatic carbocycles. The van der Waals surface area contributed by atoms with Gasteiger partial charge in [-0.15, -0.1) is 0 Å². The van der Waals surface area contributed by atoms with Crippen LogP contribution in [0.4, 0.5) is 13.2 Å². The Morgan fingerprint density at radius 1 is 0.970 bits per heavy atom. The summed E-state index contributed by atoms with van der Waals surface area (Å²) in [6.45, 7) is 2.22. The van der Waals surface area contributed by atoms with Gasteiger partial charge in [0, 0.05) is 38.2 Å². The Balaban J connectivity index is 1.32. The van der Waals surface area contributed by atoms with E-state index < -0.39 is 11.7 Å². The maximum absolute atomic E-state index is 13.0. The van der Waals surface area contributed by atoms with Gasteiger partial charge in [-0.3, -0.25) is 9.59 Å². The van der Waals surface area contributed by atoms with Crippen molar-refractivity contribution in [3.05, 3.63) is 75.8 Å². The molecule has 0 atom stereocenters. The van der Waals surface area contributed by atoms with Gasteiger partial charge in [-0.2, -0.15) is 13.2 Å². The number of nitrogens with zero attached hydrogens (tertiary/aromatic N) is 2. The molecule has 0 bridgehead atoms. The van der Waals surface area contributed by atoms with E-state index >= 15 is 0 Å². The Hall–Kier alpha value is -2.80. The molecular formula is C25H24ClF3N2O2. The third-order valence-electron chi connectivity index (χ3n) is 6.31. The number of halogens is 4. The third-order valence-corrected chi connectivity index (χ3v) is 6.64. The lowest BCUT2D eigenvalue weighted by Gasteiger charge is -2.35. The number of likely N-dealkylation sites (tertiary alicyclic amines) is 1. The van der Waals surface area contributed by atoms with Crippen LogP contribution >= 0.6 is 11.6 Å². The van der Waals surface area contributed by atoms with E-state index in [1.165, 1.54) is 35.4 Å². The summed E-state index contributed by atoms with van der Waals surface area (Å²) in [4.78, 5) is 29.1. The lowest BCUT2D eigenvalue weighted by molar-refractivity contribution is -0.140. The fourth-order valence-electron chi connectivity index (χ4n) is 4.43. The summed E-state index contributed by atoms with van der Waals surface area (Å²) in [7, 11) is 0. The van der Waals surface area contributed by atoms with Crippen molar-refractivity contribution in [1.29, 1.82) is 0 Å². The number of benzene rings is 2. The van der Waals surface area contributed by atoms with Crippen LogP contribution < -0.4 is 0 Å². The fraction of sp³-hybridized carbons (Fsp3) is 0.360. The number of piperidine rings is 1. The first kappa shape index (κ1) is 23.4. The molecule has 4 rings (SSSR count). The summed E-state index contributed by atoms with van der Waals surface area (Å²) in [5.41, 5.74) is 1.79. The number of rotatable bonds is 3. The van der Waals surface area contributed by atoms with Gasteiger partial charge >= 0.3 is 6.18 Å². The molecule has 4 nitrogen and oxygen atoms in total. The molecule has 2 aliphatic rings. The molecule has 0 saturated carbocycles. The predicted molar refractivity (Wildman–Crippen MR) is 120 cm³/mol. The van der Waals surface area contributed by atoms with Gasteiger partial charge < -0.3 is 9.80 Å². The maximum Gasteiger partial charge on any atom is 0.417 e. The minimum Gasteiger partial charge on any atom is -0.339 e. The molecule has 2 heterocycles. The first-order valence-electron chi connectivity index (χ1n) is 10.9. The van der Waals surface area contributed by atoms with Crippen molar-refractivity contribution in [1.82, 2.24) is 9.80 Å². The second-order valence-corrected chi connectivity index (χ2v) is 8.86. The first-order chi connectivity index (χ1) is 15.7. The second kappa shape index (κ2) is 9.59. The molecule has 2 aromatic rings. The molecule has 2 aliphatic heterocycles. The monoisotopic (exact) mass is 476 g/mol. The Bertz CT molecular complexity index is 1080. The summed E-state index contributed by atoms with van der Waals surface area (Å²) in [6, 6.07) is 11.7. The highest BCUT2D eigenvalue weighted by Crippen LogP contribution is 2.35. The molecule has 0 aromatic heterocycles. The minimum absolute atomic E-state index is 0.117. The van der Waals surface area contributed by atoms with E-state index in [0.717, 1.165) is 12.5 Å². The molecule has 2 aromatic carbocycles. The van der Waals surface area contributed by atoms with Gasteiger partial charge in [0.25, 0.3) is 0 Å². The normalized spacial score (nSPS) is 17.3. The molecule has 1 fully saturated rings. The Kier molecular flexibility index (Phi) is 6.79. The van der Waals surface area contributed by atoms with Gasteiger partial charge in [0.2, 0.25) is 11.8 Å². The summed E-state index contributed by atoms with van der Waals surface area (Å²) < 4.78 is 39.0. The second-order valence-electron chi connectivity index (χ2n) is 8.45. The van der Waals surface area contributed by atoms with Gasteiger partial charge in [-0.1, -0.05) is 41.9 Å². The largest absolute Gasteiger partial charge is 0.417 e. The van der Waals surface area contributed by atoms with Crippen molar-refractivity contribution in [2.75, 3.05) is 19.6 Å². The predicted octanol–water partition coefficient (Wildman–Crippen LogP) is 5.20. The summed E-state index contributed by atoms with van der Waals surface area (Å²) in [5.74, 6) is -0.266. The van der Waals surface area contributed by atoms with E-state index in [1.54, 1.807) is 4.90 Å². The molecule has 0 spiro atoms. The molecule has 2 amide bonds. The molecule has 8 heteroatoms. The highest BCUT2D eigenvalue weighted by Gasteiger charge is 2.33. The van der Waals surface area contributed by atoms with Crippen molar-refractivity contribution >= 4 is 29.5 Å². The highest BCUT2D eigenvalue weighted by atomic mass is 35.5. The quantitative estimate of drug-likeness (QED) is 0.572. The Labute approximate surface area is 195 Å². The van der Waals surface area contributed by atoms with Crippen LogP contribution in [0, 0.1) is 5.92 Å². The lowest BCUT2D eigenvalue weighted by atomic mass is 9.93. The standard InChI is InChI=1S/C25H24ClF3N2O2/c26-22-7-5-17(15-21(22)25(27,28)29)6-8-23(32)30-12-10-19(11-13-30)24(33)31-14-9-18-3-1-2-4-20(18)16-31/h1-8,15,19H,9-14,16H2/b8-6+. The van der Waals surface area contributed by atoms with Gasteiger partial charge in [0.1, 0.15) is 0 Å². The molecule has 174 valence electrons. The number of carbonyl (C=O) groups excluding carboxylic acids is 2. The van der Waals surface area contributed by atoms with E-state index in [0.29, 0.717) is 39.0 Å². The molecule has 0 N–H and O–H groups in total. The van der Waals surface area contributed by atoms with Crippen molar-refractivity contribution in [2.24, 2.45) is 5.92 Å². The summed E-state index contributed by atoms with van der Waals surface area (Å²) in [5, 5.41) is -0.380. The smallest absolute Gasteiger partial charge is 0.339 e. The van der Waals surface area contributed by atoms with Gasteiger partial charge in [0.15, 0.2) is 0 Å². The Morgan fingerprint density at radius 3 is 2.36 bits per heavy atom. The zero-order chi connectivity index (χ0) is 23.6. The number of amides is 2. The molecular weight excluding hydrogens is 453 g/mol. The van der Waals surface area contributed by atoms with Crippen LogP contribution in [0.25, 0.3) is 6.08 Å². The van der Waals surface area contributed by atoms with Crippen molar-refractivity contribution < 1.29 is 22.8 Å². The van der Waals surface area contributed by atoms with E-state index in [2.05, 4.69) is 12.1 Å². The third kappa shape index (κ3) is 5.41. The zero-order valence-electron chi connectivity index (χ0n) is 17.9. The van der Waals surface area contributed by atoms with Crippen molar-refractivity contribution in [2.45, 2.75) is 32.0 Å². The van der Waals surface area contributed by atoms with Crippen LogP contribution in [0.15, 0.2) is 48.5 Å². The van der Waals surface area contributed by atoms with Crippen LogP contribution in [-0.4, -0.2) is 41.2 Å². The fourth-order valence-corrected chi connectivity index (χ4v) is 4.65. The van der Waals surface area contributed by atoms with Crippen LogP contribution in [0.1, 0.15) is 35.1 Å². The van der Waals surface area contributed by atoms with E-state index in [1.807, 2.05) is 17.0 Å². The maximum atomic E-state index is 13.0. The van der Waals surface area contributed by atoms with Crippen LogP contribution in [-0.2, 0) is 28.7 Å². The average Bonchev–Trinajstić information content (AvgIpc) is 2.82. The number of hydrogen-bond donors (Lipinski definition) is 0. The lowest BCUT2D eigenvalue weighted by Crippen LogP contribution is -2.45. The van der Waals surface area contributed by atoms with Crippen LogP contribution in [0.2, 0.25) is 5.02 Å². The molecule has 1 saturated heterocycles. The number of fused-ring (bicyclic) bond motifs is 1. The number of carbonyl (C=O) groups is 2. The average molecular weight is 477 g/mol. The SMILES string of the molecule is O=C(/C=C/c1ccc(Cl)c(C(F)(F)F)c1)N1CCC(C(=O)N2CCc3ccccc3C2)CC1. The van der Waals surface area contributed by atoms with Gasteiger partial charge in [0.05, 0.1) is 10.6 Å². The van der Waals surface area contributed by atoms with E-state index in [9.17, 15) is 22.8 Å². The summed E-state index contributed by atoms with van der Waals surface area (Å²) in [6.07, 6.45) is 0.0788. The zero-order valence-corrected chi connectivity index (χ0v) is 18.7. The van der Waals surface area contributed by atoms with Gasteiger partial charge in [-0.25, -0.2) is 0 Å². The van der Waals surface area contributed by atoms with Crippen LogP contribution in [0.5, 0.6) is 0 Å². The van der Waals surface area contributed by atoms with Gasteiger partial charge in [-0.05, 0) is 54.2 Å². The Morgan fingerprint density at radius 2 is 1.67 bits per heavy atom. The summed E-state index contributed by atoms with van der Waals surface area (Å²) >= 11 is 5.64. The molecule has 0 radical (unpaired) electrons. The van der Waals surface area contributed by atoms with E-state index in [4.69, 9.17) is 11.6 Å². The minimum atomic E-state index is -4.56. The number of hydrogen-bond acceptors (Lipinski definition) is 2. The first-order valence-corrected chi connectivity index (χ1v) is 11.3. The van der Waals surface area contributed by atoms with Crippen LogP contribution in [0.3, 0.4) is 0 Å². The topological polar surface area (TPSA) is 40.6 Å². The highest BCUT2D eigenvalue weighted by molar-refractivity contribution is 6.31. The number of alkyl halides is 3. The molecule has 0 unspecified atom stereocenters.